The first-order valence-corrected chi connectivity index (χ1v) is 9.74. The van der Waals surface area contributed by atoms with Crippen LogP contribution >= 0.6 is 11.3 Å². The van der Waals surface area contributed by atoms with Gasteiger partial charge >= 0.3 is 0 Å². The molecule has 0 fully saturated rings. The molecule has 140 valence electrons. The van der Waals surface area contributed by atoms with Crippen LogP contribution in [0.25, 0.3) is 10.2 Å². The second-order valence-corrected chi connectivity index (χ2v) is 7.61. The minimum absolute atomic E-state index is 0.491. The summed E-state index contributed by atoms with van der Waals surface area (Å²) in [4.78, 5) is 11.3. The van der Waals surface area contributed by atoms with Crippen molar-refractivity contribution in [3.05, 3.63) is 46.1 Å². The molecule has 0 spiro atoms. The molecular weight excluding hydrogens is 360 g/mol. The highest BCUT2D eigenvalue weighted by atomic mass is 32.1. The Morgan fingerprint density at radius 3 is 2.96 bits per heavy atom. The van der Waals surface area contributed by atoms with Crippen LogP contribution in [0.4, 0.5) is 5.82 Å². The molecule has 0 unspecified atom stereocenters. The van der Waals surface area contributed by atoms with Gasteiger partial charge in [0.25, 0.3) is 0 Å². The zero-order valence-corrected chi connectivity index (χ0v) is 16.5. The summed E-state index contributed by atoms with van der Waals surface area (Å²) in [5.41, 5.74) is 7.42. The van der Waals surface area contributed by atoms with E-state index in [1.54, 1.807) is 31.9 Å². The molecular formula is C20H22N4O2S. The molecule has 0 atom stereocenters. The molecule has 0 amide bonds. The van der Waals surface area contributed by atoms with Gasteiger partial charge in [-0.25, -0.2) is 9.97 Å². The molecule has 2 heterocycles. The van der Waals surface area contributed by atoms with Gasteiger partial charge in [-0.1, -0.05) is 0 Å². The standard InChI is InChI=1S/C20H22N4O2S/c1-12(13-7-8-16(26-3)14(9-13)10-25-2)23-24-19-18-15-5-4-6-17(15)27-20(18)22-11-21-19/h7-9,11H,4-6,10H2,1-3H3,(H,21,22,24)/b23-12-. The van der Waals surface area contributed by atoms with E-state index in [2.05, 4.69) is 20.5 Å². The molecule has 0 radical (unpaired) electrons. The quantitative estimate of drug-likeness (QED) is 0.512. The van der Waals surface area contributed by atoms with Crippen molar-refractivity contribution in [1.82, 2.24) is 9.97 Å². The average Bonchev–Trinajstić information content (AvgIpc) is 3.27. The fraction of sp³-hybridized carbons (Fsp3) is 0.350. The number of hydrazone groups is 1. The molecule has 0 aliphatic heterocycles. The molecule has 0 saturated heterocycles. The maximum atomic E-state index is 5.39. The number of aromatic nitrogens is 2. The van der Waals surface area contributed by atoms with Crippen LogP contribution in [-0.2, 0) is 24.2 Å². The van der Waals surface area contributed by atoms with E-state index in [9.17, 15) is 0 Å². The SMILES string of the molecule is COCc1cc(/C(C)=N\Nc2ncnc3sc4c(c23)CCC4)ccc1OC. The third-order valence-electron chi connectivity index (χ3n) is 4.83. The zero-order chi connectivity index (χ0) is 18.8. The molecule has 1 aliphatic rings. The second kappa shape index (κ2) is 7.62. The van der Waals surface area contributed by atoms with Crippen molar-refractivity contribution in [1.29, 1.82) is 0 Å². The smallest absolute Gasteiger partial charge is 0.158 e. The van der Waals surface area contributed by atoms with Crippen LogP contribution < -0.4 is 10.2 Å². The normalized spacial score (nSPS) is 13.8. The lowest BCUT2D eigenvalue weighted by Gasteiger charge is -2.10. The van der Waals surface area contributed by atoms with Crippen molar-refractivity contribution in [2.75, 3.05) is 19.6 Å². The number of fused-ring (bicyclic) bond motifs is 3. The zero-order valence-electron chi connectivity index (χ0n) is 15.7. The van der Waals surface area contributed by atoms with Crippen molar-refractivity contribution in [2.45, 2.75) is 32.8 Å². The number of hydrogen-bond donors (Lipinski definition) is 1. The van der Waals surface area contributed by atoms with Crippen LogP contribution in [0, 0.1) is 0 Å². The van der Waals surface area contributed by atoms with Crippen molar-refractivity contribution in [3.63, 3.8) is 0 Å². The first kappa shape index (κ1) is 17.9. The lowest BCUT2D eigenvalue weighted by Crippen LogP contribution is -2.03. The molecule has 27 heavy (non-hydrogen) atoms. The Kier molecular flexibility index (Phi) is 5.05. The molecule has 2 aromatic heterocycles. The summed E-state index contributed by atoms with van der Waals surface area (Å²) in [5.74, 6) is 1.59. The number of anilines is 1. The van der Waals surface area contributed by atoms with Gasteiger partial charge in [-0.3, -0.25) is 5.43 Å². The van der Waals surface area contributed by atoms with Gasteiger partial charge in [0.15, 0.2) is 5.82 Å². The molecule has 1 aliphatic carbocycles. The maximum Gasteiger partial charge on any atom is 0.158 e. The molecule has 0 bridgehead atoms. The predicted octanol–water partition coefficient (Wildman–Crippen LogP) is 4.17. The number of thiophene rings is 1. The third kappa shape index (κ3) is 3.40. The molecule has 3 aromatic rings. The number of nitrogens with zero attached hydrogens (tertiary/aromatic N) is 3. The highest BCUT2D eigenvalue weighted by Gasteiger charge is 2.21. The summed E-state index contributed by atoms with van der Waals surface area (Å²) in [5, 5.41) is 5.70. The van der Waals surface area contributed by atoms with Crippen molar-refractivity contribution in [3.8, 4) is 5.75 Å². The van der Waals surface area contributed by atoms with Gasteiger partial charge in [-0.2, -0.15) is 5.10 Å². The van der Waals surface area contributed by atoms with E-state index >= 15 is 0 Å². The van der Waals surface area contributed by atoms with Gasteiger partial charge in [0.05, 0.1) is 24.8 Å². The molecule has 1 aromatic carbocycles. The fourth-order valence-electron chi connectivity index (χ4n) is 3.49. The number of methoxy groups -OCH3 is 2. The Morgan fingerprint density at radius 1 is 1.26 bits per heavy atom. The van der Waals surface area contributed by atoms with Gasteiger partial charge in [0.1, 0.15) is 16.9 Å². The van der Waals surface area contributed by atoms with Gasteiger partial charge in [-0.15, -0.1) is 11.3 Å². The Balaban J connectivity index is 1.63. The molecule has 6 nitrogen and oxygen atoms in total. The largest absolute Gasteiger partial charge is 0.496 e. The van der Waals surface area contributed by atoms with Gasteiger partial charge in [0.2, 0.25) is 0 Å². The Labute approximate surface area is 162 Å². The second-order valence-electron chi connectivity index (χ2n) is 6.53. The minimum Gasteiger partial charge on any atom is -0.496 e. The number of rotatable bonds is 6. The van der Waals surface area contributed by atoms with E-state index in [0.717, 1.165) is 51.5 Å². The van der Waals surface area contributed by atoms with E-state index in [1.807, 2.05) is 25.1 Å². The maximum absolute atomic E-state index is 5.39. The van der Waals surface area contributed by atoms with E-state index in [-0.39, 0.29) is 0 Å². The van der Waals surface area contributed by atoms with Crippen LogP contribution in [0.2, 0.25) is 0 Å². The number of aryl methyl sites for hydroxylation is 2. The Hall–Kier alpha value is -2.51. The molecule has 4 rings (SSSR count). The minimum atomic E-state index is 0.491. The van der Waals surface area contributed by atoms with Crippen molar-refractivity contribution >= 4 is 33.1 Å². The monoisotopic (exact) mass is 382 g/mol. The lowest BCUT2D eigenvalue weighted by atomic mass is 10.1. The van der Waals surface area contributed by atoms with E-state index in [4.69, 9.17) is 9.47 Å². The van der Waals surface area contributed by atoms with Gasteiger partial charge < -0.3 is 9.47 Å². The first-order valence-electron chi connectivity index (χ1n) is 8.93. The van der Waals surface area contributed by atoms with Crippen LogP contribution in [0.1, 0.15) is 34.9 Å². The van der Waals surface area contributed by atoms with E-state index in [0.29, 0.717) is 6.61 Å². The summed E-state index contributed by atoms with van der Waals surface area (Å²) in [6.07, 6.45) is 5.05. The Bertz CT molecular complexity index is 1010. The first-order chi connectivity index (χ1) is 13.2. The van der Waals surface area contributed by atoms with Gasteiger partial charge in [0, 0.05) is 17.6 Å². The lowest BCUT2D eigenvalue weighted by molar-refractivity contribution is 0.181. The summed E-state index contributed by atoms with van der Waals surface area (Å²) in [6.45, 7) is 2.47. The summed E-state index contributed by atoms with van der Waals surface area (Å²) >= 11 is 1.78. The number of benzene rings is 1. The number of nitrogens with one attached hydrogen (secondary N) is 1. The summed E-state index contributed by atoms with van der Waals surface area (Å²) in [6, 6.07) is 5.98. The molecule has 7 heteroatoms. The van der Waals surface area contributed by atoms with Crippen molar-refractivity contribution in [2.24, 2.45) is 5.10 Å². The fourth-order valence-corrected chi connectivity index (χ4v) is 4.72. The summed E-state index contributed by atoms with van der Waals surface area (Å²) in [7, 11) is 3.34. The molecule has 0 saturated carbocycles. The predicted molar refractivity (Wildman–Crippen MR) is 109 cm³/mol. The highest BCUT2D eigenvalue weighted by molar-refractivity contribution is 7.19. The molecule has 1 N–H and O–H groups in total. The van der Waals surface area contributed by atoms with Crippen LogP contribution in [-0.4, -0.2) is 29.9 Å². The van der Waals surface area contributed by atoms with Crippen LogP contribution in [0.3, 0.4) is 0 Å². The number of hydrogen-bond acceptors (Lipinski definition) is 7. The Morgan fingerprint density at radius 2 is 2.15 bits per heavy atom. The summed E-state index contributed by atoms with van der Waals surface area (Å²) < 4.78 is 10.7. The third-order valence-corrected chi connectivity index (χ3v) is 6.03. The van der Waals surface area contributed by atoms with E-state index < -0.39 is 0 Å². The van der Waals surface area contributed by atoms with Crippen LogP contribution in [0.5, 0.6) is 5.75 Å². The van der Waals surface area contributed by atoms with Gasteiger partial charge in [-0.05, 0) is 55.5 Å². The topological polar surface area (TPSA) is 68.6 Å². The van der Waals surface area contributed by atoms with Crippen molar-refractivity contribution < 1.29 is 9.47 Å². The number of ether oxygens (including phenoxy) is 2. The van der Waals surface area contributed by atoms with E-state index in [1.165, 1.54) is 16.9 Å². The average molecular weight is 382 g/mol. The van der Waals surface area contributed by atoms with Crippen LogP contribution in [0.15, 0.2) is 29.6 Å². The highest BCUT2D eigenvalue weighted by Crippen LogP contribution is 2.39.